The van der Waals surface area contributed by atoms with Crippen molar-refractivity contribution in [3.05, 3.63) is 58.6 Å². The Morgan fingerprint density at radius 1 is 1.13 bits per heavy atom. The highest BCUT2D eigenvalue weighted by Gasteiger charge is 2.10. The third-order valence-electron chi connectivity index (χ3n) is 4.29. The summed E-state index contributed by atoms with van der Waals surface area (Å²) in [4.78, 5) is 18.0. The molecule has 0 radical (unpaired) electrons. The minimum absolute atomic E-state index is 0. The number of guanidine groups is 1. The van der Waals surface area contributed by atoms with Gasteiger partial charge in [0.05, 0.1) is 7.11 Å². The van der Waals surface area contributed by atoms with Crippen LogP contribution in [-0.2, 0) is 17.9 Å². The zero-order valence-corrected chi connectivity index (χ0v) is 21.4. The van der Waals surface area contributed by atoms with Gasteiger partial charge in [-0.1, -0.05) is 29.8 Å². The van der Waals surface area contributed by atoms with Gasteiger partial charge in [-0.15, -0.1) is 24.0 Å². The summed E-state index contributed by atoms with van der Waals surface area (Å²) in [6.45, 7) is 3.61. The standard InChI is InChI=1S/C22H29ClN4O3.HI/c1-5-25-21(28)15-30-19-10-9-16(12-20(19)29-4)13-26-22(24-2)27(3)14-17-7-6-8-18(23)11-17;/h6-12H,5,13-15H2,1-4H3,(H,24,26)(H,25,28);1H. The van der Waals surface area contributed by atoms with Crippen LogP contribution >= 0.6 is 35.6 Å². The molecule has 0 spiro atoms. The fourth-order valence-electron chi connectivity index (χ4n) is 2.88. The van der Waals surface area contributed by atoms with Gasteiger partial charge in [-0.3, -0.25) is 9.79 Å². The van der Waals surface area contributed by atoms with Gasteiger partial charge in [-0.25, -0.2) is 0 Å². The van der Waals surface area contributed by atoms with E-state index in [4.69, 9.17) is 21.1 Å². The van der Waals surface area contributed by atoms with Gasteiger partial charge in [0.2, 0.25) is 0 Å². The number of nitrogens with zero attached hydrogens (tertiary/aromatic N) is 2. The molecule has 31 heavy (non-hydrogen) atoms. The average molecular weight is 561 g/mol. The van der Waals surface area contributed by atoms with Gasteiger partial charge in [-0.2, -0.15) is 0 Å². The second kappa shape index (κ2) is 14.0. The van der Waals surface area contributed by atoms with Crippen molar-refractivity contribution in [1.82, 2.24) is 15.5 Å². The highest BCUT2D eigenvalue weighted by Crippen LogP contribution is 2.28. The van der Waals surface area contributed by atoms with Gasteiger partial charge < -0.3 is 25.0 Å². The van der Waals surface area contributed by atoms with Crippen molar-refractivity contribution in [2.45, 2.75) is 20.0 Å². The van der Waals surface area contributed by atoms with E-state index in [1.807, 2.05) is 55.3 Å². The highest BCUT2D eigenvalue weighted by atomic mass is 127. The van der Waals surface area contributed by atoms with Crippen molar-refractivity contribution in [2.24, 2.45) is 4.99 Å². The van der Waals surface area contributed by atoms with Crippen molar-refractivity contribution < 1.29 is 14.3 Å². The van der Waals surface area contributed by atoms with Crippen LogP contribution in [0.3, 0.4) is 0 Å². The van der Waals surface area contributed by atoms with Gasteiger partial charge in [-0.05, 0) is 42.3 Å². The predicted octanol–water partition coefficient (Wildman–Crippen LogP) is 3.69. The van der Waals surface area contributed by atoms with E-state index in [0.717, 1.165) is 17.1 Å². The summed E-state index contributed by atoms with van der Waals surface area (Å²) in [5, 5.41) is 6.75. The molecule has 9 heteroatoms. The number of hydrogen-bond acceptors (Lipinski definition) is 4. The van der Waals surface area contributed by atoms with E-state index >= 15 is 0 Å². The first-order valence-corrected chi connectivity index (χ1v) is 10.1. The Labute approximate surface area is 206 Å². The molecule has 1 amide bonds. The lowest BCUT2D eigenvalue weighted by Crippen LogP contribution is -2.38. The number of likely N-dealkylation sites (N-methyl/N-ethyl adjacent to an activating group) is 1. The Bertz CT molecular complexity index is 880. The Kier molecular flexibility index (Phi) is 12.1. The van der Waals surface area contributed by atoms with Gasteiger partial charge in [0.25, 0.3) is 5.91 Å². The molecular formula is C22H30ClIN4O3. The van der Waals surface area contributed by atoms with E-state index in [2.05, 4.69) is 15.6 Å². The molecule has 0 aliphatic rings. The number of halogens is 2. The molecule has 2 aromatic rings. The van der Waals surface area contributed by atoms with Crippen molar-refractivity contribution in [3.8, 4) is 11.5 Å². The number of nitrogens with one attached hydrogen (secondary N) is 2. The number of aliphatic imine (C=N–C) groups is 1. The molecule has 2 rings (SSSR count). The highest BCUT2D eigenvalue weighted by molar-refractivity contribution is 14.0. The van der Waals surface area contributed by atoms with E-state index in [0.29, 0.717) is 36.2 Å². The van der Waals surface area contributed by atoms with Gasteiger partial charge in [0.1, 0.15) is 0 Å². The van der Waals surface area contributed by atoms with Crippen LogP contribution in [0.4, 0.5) is 0 Å². The number of carbonyl (C=O) groups excluding carboxylic acids is 1. The summed E-state index contributed by atoms with van der Waals surface area (Å²) in [5.41, 5.74) is 2.10. The Morgan fingerprint density at radius 2 is 1.90 bits per heavy atom. The van der Waals surface area contributed by atoms with Crippen LogP contribution in [0.25, 0.3) is 0 Å². The van der Waals surface area contributed by atoms with Crippen molar-refractivity contribution >= 4 is 47.4 Å². The van der Waals surface area contributed by atoms with Crippen LogP contribution in [0, 0.1) is 0 Å². The van der Waals surface area contributed by atoms with Crippen molar-refractivity contribution in [2.75, 3.05) is 34.4 Å². The molecule has 0 aliphatic carbocycles. The van der Waals surface area contributed by atoms with E-state index in [1.54, 1.807) is 20.2 Å². The van der Waals surface area contributed by atoms with Gasteiger partial charge >= 0.3 is 0 Å². The summed E-state index contributed by atoms with van der Waals surface area (Å²) in [6.07, 6.45) is 0. The maximum absolute atomic E-state index is 11.6. The molecule has 0 atom stereocenters. The number of amides is 1. The molecule has 0 saturated carbocycles. The van der Waals surface area contributed by atoms with Crippen molar-refractivity contribution in [1.29, 1.82) is 0 Å². The minimum Gasteiger partial charge on any atom is -0.493 e. The topological polar surface area (TPSA) is 75.2 Å². The largest absolute Gasteiger partial charge is 0.493 e. The summed E-state index contributed by atoms with van der Waals surface area (Å²) in [6, 6.07) is 13.4. The molecule has 0 heterocycles. The van der Waals surface area contributed by atoms with E-state index < -0.39 is 0 Å². The Morgan fingerprint density at radius 3 is 2.55 bits per heavy atom. The molecule has 0 unspecified atom stereocenters. The number of methoxy groups -OCH3 is 1. The molecule has 2 N–H and O–H groups in total. The monoisotopic (exact) mass is 560 g/mol. The molecule has 0 aliphatic heterocycles. The second-order valence-corrected chi connectivity index (χ2v) is 7.05. The zero-order valence-electron chi connectivity index (χ0n) is 18.3. The van der Waals surface area contributed by atoms with Crippen LogP contribution in [0.1, 0.15) is 18.1 Å². The number of rotatable bonds is 9. The maximum atomic E-state index is 11.6. The first-order chi connectivity index (χ1) is 14.5. The lowest BCUT2D eigenvalue weighted by atomic mass is 10.2. The van der Waals surface area contributed by atoms with Gasteiger partial charge in [0, 0.05) is 38.8 Å². The molecule has 0 bridgehead atoms. The quantitative estimate of drug-likeness (QED) is 0.278. The van der Waals surface area contributed by atoms with E-state index in [1.165, 1.54) is 0 Å². The molecule has 0 fully saturated rings. The normalized spacial score (nSPS) is 10.7. The van der Waals surface area contributed by atoms with Crippen LogP contribution < -0.4 is 20.1 Å². The lowest BCUT2D eigenvalue weighted by Gasteiger charge is -2.22. The molecule has 170 valence electrons. The number of carbonyl (C=O) groups is 1. The number of hydrogen-bond donors (Lipinski definition) is 2. The fourth-order valence-corrected chi connectivity index (χ4v) is 3.10. The van der Waals surface area contributed by atoms with Crippen LogP contribution in [-0.4, -0.2) is 51.1 Å². The molecule has 0 saturated heterocycles. The second-order valence-electron chi connectivity index (χ2n) is 6.61. The molecular weight excluding hydrogens is 531 g/mol. The summed E-state index contributed by atoms with van der Waals surface area (Å²) < 4.78 is 11.0. The summed E-state index contributed by atoms with van der Waals surface area (Å²) in [5.74, 6) is 1.68. The smallest absolute Gasteiger partial charge is 0.257 e. The average Bonchev–Trinajstić information content (AvgIpc) is 2.73. The predicted molar refractivity (Wildman–Crippen MR) is 136 cm³/mol. The fraction of sp³-hybridized carbons (Fsp3) is 0.364. The third-order valence-corrected chi connectivity index (χ3v) is 4.53. The number of ether oxygens (including phenoxy) is 2. The van der Waals surface area contributed by atoms with Crippen molar-refractivity contribution in [3.63, 3.8) is 0 Å². The van der Waals surface area contributed by atoms with Crippen LogP contribution in [0.5, 0.6) is 11.5 Å². The van der Waals surface area contributed by atoms with E-state index in [-0.39, 0.29) is 36.5 Å². The number of benzene rings is 2. The van der Waals surface area contributed by atoms with Crippen LogP contribution in [0.15, 0.2) is 47.5 Å². The van der Waals surface area contributed by atoms with E-state index in [9.17, 15) is 4.79 Å². The Balaban J connectivity index is 0.00000480. The van der Waals surface area contributed by atoms with Gasteiger partial charge in [0.15, 0.2) is 24.1 Å². The zero-order chi connectivity index (χ0) is 21.9. The molecule has 2 aromatic carbocycles. The molecule has 7 nitrogen and oxygen atoms in total. The first kappa shape index (κ1) is 26.8. The Hall–Kier alpha value is -2.20. The first-order valence-electron chi connectivity index (χ1n) is 9.69. The maximum Gasteiger partial charge on any atom is 0.257 e. The summed E-state index contributed by atoms with van der Waals surface area (Å²) >= 11 is 6.07. The lowest BCUT2D eigenvalue weighted by molar-refractivity contribution is -0.123. The minimum atomic E-state index is -0.170. The third kappa shape index (κ3) is 8.82. The van der Waals surface area contributed by atoms with Crippen LogP contribution in [0.2, 0.25) is 5.02 Å². The SMILES string of the molecule is CCNC(=O)COc1ccc(CNC(=NC)N(C)Cc2cccc(Cl)c2)cc1OC.I. The summed E-state index contributed by atoms with van der Waals surface area (Å²) in [7, 11) is 5.29. The molecule has 0 aromatic heterocycles.